The number of nitrogens with zero attached hydrogens (tertiary/aromatic N) is 5. The molecule has 29 heavy (non-hydrogen) atoms. The maximum atomic E-state index is 13.2. The summed E-state index contributed by atoms with van der Waals surface area (Å²) < 4.78 is 0.917. The Morgan fingerprint density at radius 1 is 1.28 bits per heavy atom. The number of hydrogen-bond acceptors (Lipinski definition) is 6. The zero-order valence-corrected chi connectivity index (χ0v) is 17.1. The van der Waals surface area contributed by atoms with Crippen molar-refractivity contribution in [2.75, 3.05) is 12.3 Å². The van der Waals surface area contributed by atoms with E-state index in [2.05, 4.69) is 20.3 Å². The van der Waals surface area contributed by atoms with E-state index < -0.39 is 10.4 Å². The summed E-state index contributed by atoms with van der Waals surface area (Å²) in [6.45, 7) is 0.483. The van der Waals surface area contributed by atoms with Crippen LogP contribution in [0.15, 0.2) is 12.7 Å². The van der Waals surface area contributed by atoms with Gasteiger partial charge in [-0.2, -0.15) is 0 Å². The molecule has 3 N–H and O–H groups in total. The van der Waals surface area contributed by atoms with E-state index in [-0.39, 0.29) is 36.1 Å². The highest BCUT2D eigenvalue weighted by Gasteiger charge is 2.53. The number of likely N-dealkylation sites (tertiary alicyclic amines) is 1. The molecule has 0 spiro atoms. The topological polar surface area (TPSA) is 119 Å². The van der Waals surface area contributed by atoms with Gasteiger partial charge < -0.3 is 20.5 Å². The average Bonchev–Trinajstić information content (AvgIpc) is 2.97. The number of amides is 2. The predicted molar refractivity (Wildman–Crippen MR) is 107 cm³/mol. The van der Waals surface area contributed by atoms with Gasteiger partial charge in [-0.3, -0.25) is 9.59 Å². The number of imidazole rings is 1. The molecule has 1 aliphatic heterocycles. The molecule has 9 nitrogen and oxygen atoms in total. The van der Waals surface area contributed by atoms with E-state index in [4.69, 9.17) is 28.9 Å². The number of fused-ring (bicyclic) bond motifs is 2. The van der Waals surface area contributed by atoms with Gasteiger partial charge in [0.15, 0.2) is 11.5 Å². The fraction of sp³-hybridized carbons (Fsp3) is 0.611. The maximum Gasteiger partial charge on any atom is 0.243 e. The molecular weight excluding hydrogens is 417 g/mol. The molecule has 0 bridgehead atoms. The van der Waals surface area contributed by atoms with Crippen molar-refractivity contribution in [1.82, 2.24) is 29.7 Å². The number of hydrogen-bond donors (Lipinski definition) is 2. The van der Waals surface area contributed by atoms with Crippen molar-refractivity contribution in [2.45, 2.75) is 48.6 Å². The number of alkyl halides is 2. The first-order valence-electron chi connectivity index (χ1n) is 9.73. The van der Waals surface area contributed by atoms with Crippen LogP contribution < -0.4 is 11.1 Å². The summed E-state index contributed by atoms with van der Waals surface area (Å²) in [5.41, 5.74) is 6.79. The van der Waals surface area contributed by atoms with Gasteiger partial charge in [-0.05, 0) is 31.6 Å². The van der Waals surface area contributed by atoms with Crippen molar-refractivity contribution in [3.8, 4) is 0 Å². The minimum Gasteiger partial charge on any atom is -0.382 e. The Balaban J connectivity index is 1.31. The normalized spacial score (nSPS) is 29.4. The van der Waals surface area contributed by atoms with Crippen LogP contribution in [0.5, 0.6) is 0 Å². The largest absolute Gasteiger partial charge is 0.382 e. The molecule has 3 fully saturated rings. The Bertz CT molecular complexity index is 994. The lowest BCUT2D eigenvalue weighted by atomic mass is 9.80. The van der Waals surface area contributed by atoms with Crippen molar-refractivity contribution >= 4 is 52.0 Å². The Labute approximate surface area is 176 Å². The molecule has 0 aromatic carbocycles. The van der Waals surface area contributed by atoms with Gasteiger partial charge in [-0.25, -0.2) is 15.0 Å². The molecule has 2 amide bonds. The van der Waals surface area contributed by atoms with E-state index in [0.29, 0.717) is 36.5 Å². The van der Waals surface area contributed by atoms with Crippen molar-refractivity contribution < 1.29 is 9.59 Å². The van der Waals surface area contributed by atoms with Gasteiger partial charge in [0.1, 0.15) is 28.8 Å². The van der Waals surface area contributed by atoms with Crippen LogP contribution in [0.1, 0.15) is 25.7 Å². The van der Waals surface area contributed by atoms with E-state index in [1.165, 1.54) is 12.7 Å². The van der Waals surface area contributed by atoms with Gasteiger partial charge >= 0.3 is 0 Å². The standard InChI is InChI=1S/C18H21Cl2N7O2/c19-18(20)4-10(18)5-22-17(29)12-3-9-1-2-11(9)27(12)13(28)6-26-8-25-14-15(21)23-7-24-16(14)26/h7-12H,1-6H2,(H,22,29)(H2,21,23,24)/t9-,10?,11-,12+/m1/s1. The van der Waals surface area contributed by atoms with Crippen molar-refractivity contribution in [2.24, 2.45) is 11.8 Å². The summed E-state index contributed by atoms with van der Waals surface area (Å²) in [7, 11) is 0. The van der Waals surface area contributed by atoms with Crippen LogP contribution in [0, 0.1) is 11.8 Å². The lowest BCUT2D eigenvalue weighted by Gasteiger charge is -2.37. The van der Waals surface area contributed by atoms with Crippen molar-refractivity contribution in [3.05, 3.63) is 12.7 Å². The molecule has 1 saturated heterocycles. The van der Waals surface area contributed by atoms with Crippen LogP contribution in [0.2, 0.25) is 0 Å². The molecule has 2 aromatic rings. The van der Waals surface area contributed by atoms with Gasteiger partial charge in [0.25, 0.3) is 0 Å². The third-order valence-electron chi connectivity index (χ3n) is 6.40. The van der Waals surface area contributed by atoms with Gasteiger partial charge in [0.2, 0.25) is 11.8 Å². The van der Waals surface area contributed by atoms with Crippen LogP contribution in [-0.4, -0.2) is 59.2 Å². The number of halogens is 2. The van der Waals surface area contributed by atoms with Gasteiger partial charge in [-0.1, -0.05) is 0 Å². The first-order valence-corrected chi connectivity index (χ1v) is 10.5. The highest BCUT2D eigenvalue weighted by atomic mass is 35.5. The number of nitrogens with two attached hydrogens (primary N) is 1. The first-order chi connectivity index (χ1) is 13.8. The van der Waals surface area contributed by atoms with E-state index in [1.807, 2.05) is 0 Å². The molecule has 11 heteroatoms. The van der Waals surface area contributed by atoms with Gasteiger partial charge in [-0.15, -0.1) is 23.2 Å². The SMILES string of the molecule is Nc1ncnc2c1ncn2CC(=O)N1[C@@H]2CC[C@@H]2C[C@H]1C(=O)NCC1CC1(Cl)Cl. The lowest BCUT2D eigenvalue weighted by molar-refractivity contribution is -0.142. The summed E-state index contributed by atoms with van der Waals surface area (Å²) in [6, 6.07) is -0.345. The molecule has 2 aromatic heterocycles. The molecule has 154 valence electrons. The second-order valence-corrected chi connectivity index (χ2v) is 9.71. The van der Waals surface area contributed by atoms with Crippen molar-refractivity contribution in [1.29, 1.82) is 0 Å². The zero-order valence-electron chi connectivity index (χ0n) is 15.6. The molecule has 5 rings (SSSR count). The number of nitrogens with one attached hydrogen (secondary N) is 1. The third-order valence-corrected chi connectivity index (χ3v) is 7.33. The molecule has 1 unspecified atom stereocenters. The highest BCUT2D eigenvalue weighted by Crippen LogP contribution is 2.52. The average molecular weight is 438 g/mol. The molecule has 4 atom stereocenters. The Hall–Kier alpha value is -2.13. The Morgan fingerprint density at radius 3 is 2.76 bits per heavy atom. The molecule has 0 radical (unpaired) electrons. The van der Waals surface area contributed by atoms with Crippen LogP contribution in [0.3, 0.4) is 0 Å². The second-order valence-electron chi connectivity index (χ2n) is 8.17. The zero-order chi connectivity index (χ0) is 20.3. The maximum absolute atomic E-state index is 13.2. The van der Waals surface area contributed by atoms with Crippen LogP contribution in [0.25, 0.3) is 11.2 Å². The summed E-state index contributed by atoms with van der Waals surface area (Å²) in [4.78, 5) is 40.1. The monoisotopic (exact) mass is 437 g/mol. The number of carbonyl (C=O) groups excluding carboxylic acids is 2. The number of carbonyl (C=O) groups is 2. The molecular formula is C18H21Cl2N7O2. The smallest absolute Gasteiger partial charge is 0.243 e. The molecule has 2 saturated carbocycles. The molecule has 3 aliphatic rings. The quantitative estimate of drug-likeness (QED) is 0.675. The van der Waals surface area contributed by atoms with E-state index in [1.54, 1.807) is 9.47 Å². The first kappa shape index (κ1) is 18.9. The highest BCUT2D eigenvalue weighted by molar-refractivity contribution is 6.50. The summed E-state index contributed by atoms with van der Waals surface area (Å²) in [5.74, 6) is 0.469. The van der Waals surface area contributed by atoms with Crippen molar-refractivity contribution in [3.63, 3.8) is 0 Å². The van der Waals surface area contributed by atoms with Crippen LogP contribution >= 0.6 is 23.2 Å². The number of rotatable bonds is 5. The van der Waals surface area contributed by atoms with Crippen LogP contribution in [-0.2, 0) is 16.1 Å². The third kappa shape index (κ3) is 3.20. The van der Waals surface area contributed by atoms with Gasteiger partial charge in [0.05, 0.1) is 6.33 Å². The Morgan fingerprint density at radius 2 is 2.07 bits per heavy atom. The van der Waals surface area contributed by atoms with E-state index >= 15 is 0 Å². The lowest BCUT2D eigenvalue weighted by Crippen LogP contribution is -2.52. The summed E-state index contributed by atoms with van der Waals surface area (Å²) >= 11 is 12.1. The van der Waals surface area contributed by atoms with Crippen LogP contribution in [0.4, 0.5) is 5.82 Å². The minimum absolute atomic E-state index is 0.0506. The molecule has 2 aliphatic carbocycles. The fourth-order valence-electron chi connectivity index (χ4n) is 4.49. The molecule has 3 heterocycles. The van der Waals surface area contributed by atoms with E-state index in [9.17, 15) is 9.59 Å². The minimum atomic E-state index is -0.732. The number of nitrogen functional groups attached to an aromatic ring is 1. The number of aromatic nitrogens is 4. The van der Waals surface area contributed by atoms with Gasteiger partial charge in [0, 0.05) is 18.5 Å². The Kier molecular flexibility index (Phi) is 4.36. The predicted octanol–water partition coefficient (Wildman–Crippen LogP) is 1.10. The number of anilines is 1. The summed E-state index contributed by atoms with van der Waals surface area (Å²) in [5, 5.41) is 2.93. The fourth-order valence-corrected chi connectivity index (χ4v) is 5.02. The second kappa shape index (κ2) is 6.70. The summed E-state index contributed by atoms with van der Waals surface area (Å²) in [6.07, 6.45) is 6.22. The van der Waals surface area contributed by atoms with E-state index in [0.717, 1.165) is 12.8 Å².